The fourth-order valence-corrected chi connectivity index (χ4v) is 3.91. The molecule has 3 rings (SSSR count). The number of piperidine rings is 1. The van der Waals surface area contributed by atoms with Crippen molar-refractivity contribution >= 4 is 33.3 Å². The molecule has 2 heterocycles. The summed E-state index contributed by atoms with van der Waals surface area (Å²) in [5, 5.41) is 0.488. The fourth-order valence-electron chi connectivity index (χ4n) is 2.86. The van der Waals surface area contributed by atoms with Crippen LogP contribution < -0.4 is 0 Å². The van der Waals surface area contributed by atoms with E-state index < -0.39 is 0 Å². The van der Waals surface area contributed by atoms with Crippen LogP contribution in [-0.2, 0) is 9.53 Å². The van der Waals surface area contributed by atoms with Crippen LogP contribution in [0.25, 0.3) is 10.1 Å². The molecule has 0 spiro atoms. The predicted octanol–water partition coefficient (Wildman–Crippen LogP) is 3.46. The number of hydrogen-bond acceptors (Lipinski definition) is 4. The van der Waals surface area contributed by atoms with Crippen LogP contribution in [0, 0.1) is 11.7 Å². The van der Waals surface area contributed by atoms with E-state index in [-0.39, 0.29) is 23.6 Å². The monoisotopic (exact) mass is 335 g/mol. The van der Waals surface area contributed by atoms with Crippen LogP contribution in [0.15, 0.2) is 24.3 Å². The normalized spacial score (nSPS) is 15.8. The largest absolute Gasteiger partial charge is 0.466 e. The number of ether oxygens (including phenoxy) is 1. The first-order chi connectivity index (χ1) is 11.1. The predicted molar refractivity (Wildman–Crippen MR) is 87.0 cm³/mol. The molecule has 1 aliphatic rings. The van der Waals surface area contributed by atoms with Gasteiger partial charge in [-0.3, -0.25) is 9.59 Å². The maximum atomic E-state index is 13.7. The summed E-state index contributed by atoms with van der Waals surface area (Å²) >= 11 is 1.31. The number of hydrogen-bond donors (Lipinski definition) is 0. The molecule has 0 aliphatic carbocycles. The average molecular weight is 335 g/mol. The number of esters is 1. The van der Waals surface area contributed by atoms with E-state index in [1.807, 2.05) is 6.07 Å². The van der Waals surface area contributed by atoms with Crippen molar-refractivity contribution < 1.29 is 18.7 Å². The minimum Gasteiger partial charge on any atom is -0.466 e. The van der Waals surface area contributed by atoms with Gasteiger partial charge in [0.25, 0.3) is 5.91 Å². The minimum absolute atomic E-state index is 0.0899. The molecule has 0 radical (unpaired) electrons. The van der Waals surface area contributed by atoms with Crippen molar-refractivity contribution in [1.82, 2.24) is 4.90 Å². The lowest BCUT2D eigenvalue weighted by molar-refractivity contribution is -0.149. The third-order valence-corrected chi connectivity index (χ3v) is 5.21. The third kappa shape index (κ3) is 3.22. The topological polar surface area (TPSA) is 46.6 Å². The van der Waals surface area contributed by atoms with E-state index in [9.17, 15) is 14.0 Å². The molecule has 122 valence electrons. The van der Waals surface area contributed by atoms with E-state index in [1.54, 1.807) is 24.0 Å². The lowest BCUT2D eigenvalue weighted by Crippen LogP contribution is -2.40. The van der Waals surface area contributed by atoms with E-state index in [0.717, 1.165) is 4.70 Å². The highest BCUT2D eigenvalue weighted by Crippen LogP contribution is 2.29. The Morgan fingerprint density at radius 2 is 2.09 bits per heavy atom. The first-order valence-electron chi connectivity index (χ1n) is 7.74. The molecule has 1 saturated heterocycles. The summed E-state index contributed by atoms with van der Waals surface area (Å²) in [7, 11) is 0. The fraction of sp³-hybridized carbons (Fsp3) is 0.412. The van der Waals surface area contributed by atoms with Gasteiger partial charge in [0.2, 0.25) is 0 Å². The van der Waals surface area contributed by atoms with Gasteiger partial charge in [0.15, 0.2) is 0 Å². The van der Waals surface area contributed by atoms with Crippen molar-refractivity contribution in [2.24, 2.45) is 5.92 Å². The van der Waals surface area contributed by atoms with E-state index in [2.05, 4.69) is 0 Å². The summed E-state index contributed by atoms with van der Waals surface area (Å²) in [6.07, 6.45) is 1.23. The van der Waals surface area contributed by atoms with Gasteiger partial charge in [0.1, 0.15) is 5.82 Å². The lowest BCUT2D eigenvalue weighted by Gasteiger charge is -2.30. The van der Waals surface area contributed by atoms with Gasteiger partial charge in [0.05, 0.1) is 17.4 Å². The first-order valence-corrected chi connectivity index (χ1v) is 8.55. The van der Waals surface area contributed by atoms with Gasteiger partial charge in [-0.2, -0.15) is 0 Å². The number of fused-ring (bicyclic) bond motifs is 1. The van der Waals surface area contributed by atoms with Crippen LogP contribution in [0.5, 0.6) is 0 Å². The SMILES string of the molecule is CCOC(=O)C1CCN(C(=O)c2cc3c(F)cccc3s2)CC1. The molecule has 0 atom stereocenters. The van der Waals surface area contributed by atoms with Gasteiger partial charge >= 0.3 is 5.97 Å². The Kier molecular flexibility index (Phi) is 4.61. The summed E-state index contributed by atoms with van der Waals surface area (Å²) in [5.41, 5.74) is 0. The van der Waals surface area contributed by atoms with E-state index in [0.29, 0.717) is 42.8 Å². The van der Waals surface area contributed by atoms with Crippen LogP contribution in [0.2, 0.25) is 0 Å². The summed E-state index contributed by atoms with van der Waals surface area (Å²) in [6, 6.07) is 6.48. The van der Waals surface area contributed by atoms with Crippen molar-refractivity contribution in [3.8, 4) is 0 Å². The Morgan fingerprint density at radius 1 is 1.35 bits per heavy atom. The molecule has 0 bridgehead atoms. The van der Waals surface area contributed by atoms with E-state index in [1.165, 1.54) is 17.4 Å². The van der Waals surface area contributed by atoms with Crippen molar-refractivity contribution in [1.29, 1.82) is 0 Å². The number of amides is 1. The zero-order valence-electron chi connectivity index (χ0n) is 12.9. The summed E-state index contributed by atoms with van der Waals surface area (Å²) in [5.74, 6) is -0.700. The molecule has 0 saturated carbocycles. The van der Waals surface area contributed by atoms with Crippen LogP contribution in [0.1, 0.15) is 29.4 Å². The minimum atomic E-state index is -0.307. The first kappa shape index (κ1) is 15.9. The molecule has 1 aliphatic heterocycles. The summed E-state index contributed by atoms with van der Waals surface area (Å²) in [6.45, 7) is 3.22. The molecule has 0 N–H and O–H groups in total. The number of benzene rings is 1. The Balaban J connectivity index is 1.69. The maximum absolute atomic E-state index is 13.7. The molecule has 1 fully saturated rings. The van der Waals surface area contributed by atoms with Crippen LogP contribution in [0.3, 0.4) is 0 Å². The zero-order valence-corrected chi connectivity index (χ0v) is 13.7. The van der Waals surface area contributed by atoms with Gasteiger partial charge < -0.3 is 9.64 Å². The van der Waals surface area contributed by atoms with Crippen molar-refractivity contribution in [2.75, 3.05) is 19.7 Å². The smallest absolute Gasteiger partial charge is 0.309 e. The Bertz CT molecular complexity index is 735. The van der Waals surface area contributed by atoms with Gasteiger partial charge in [0, 0.05) is 23.2 Å². The Labute approximate surface area is 137 Å². The molecule has 1 aromatic carbocycles. The second-order valence-corrected chi connectivity index (χ2v) is 6.66. The number of carbonyl (C=O) groups excluding carboxylic acids is 2. The number of halogens is 1. The van der Waals surface area contributed by atoms with Gasteiger partial charge in [-0.1, -0.05) is 6.07 Å². The van der Waals surface area contributed by atoms with E-state index >= 15 is 0 Å². The molecule has 1 amide bonds. The molecule has 0 unspecified atom stereocenters. The van der Waals surface area contributed by atoms with Crippen molar-refractivity contribution in [3.05, 3.63) is 35.0 Å². The molecule has 6 heteroatoms. The average Bonchev–Trinajstić information content (AvgIpc) is 3.00. The molecule has 4 nitrogen and oxygen atoms in total. The van der Waals surface area contributed by atoms with Gasteiger partial charge in [-0.15, -0.1) is 11.3 Å². The standard InChI is InChI=1S/C17H18FNO3S/c1-2-22-17(21)11-6-8-19(9-7-11)16(20)15-10-12-13(18)4-3-5-14(12)23-15/h3-5,10-11H,2,6-9H2,1H3. The van der Waals surface area contributed by atoms with Crippen molar-refractivity contribution in [2.45, 2.75) is 19.8 Å². The van der Waals surface area contributed by atoms with Crippen LogP contribution in [-0.4, -0.2) is 36.5 Å². The molecular weight excluding hydrogens is 317 g/mol. The molecule has 1 aromatic heterocycles. The number of carbonyl (C=O) groups is 2. The number of nitrogens with zero attached hydrogens (tertiary/aromatic N) is 1. The number of thiophene rings is 1. The second kappa shape index (κ2) is 6.66. The van der Waals surface area contributed by atoms with Crippen molar-refractivity contribution in [3.63, 3.8) is 0 Å². The maximum Gasteiger partial charge on any atom is 0.309 e. The Morgan fingerprint density at radius 3 is 2.74 bits per heavy atom. The Hall–Kier alpha value is -1.95. The zero-order chi connectivity index (χ0) is 16.4. The highest BCUT2D eigenvalue weighted by molar-refractivity contribution is 7.20. The second-order valence-electron chi connectivity index (χ2n) is 5.58. The van der Waals surface area contributed by atoms with E-state index in [4.69, 9.17) is 4.74 Å². The highest BCUT2D eigenvalue weighted by Gasteiger charge is 2.29. The third-order valence-electron chi connectivity index (χ3n) is 4.12. The van der Waals surface area contributed by atoms with Gasteiger partial charge in [-0.05, 0) is 38.0 Å². The number of likely N-dealkylation sites (tertiary alicyclic amines) is 1. The molecule has 2 aromatic rings. The lowest BCUT2D eigenvalue weighted by atomic mass is 9.97. The summed E-state index contributed by atoms with van der Waals surface area (Å²) < 4.78 is 19.6. The number of rotatable bonds is 3. The van der Waals surface area contributed by atoms with Crippen LogP contribution in [0.4, 0.5) is 4.39 Å². The quantitative estimate of drug-likeness (QED) is 0.807. The summed E-state index contributed by atoms with van der Waals surface area (Å²) in [4.78, 5) is 26.6. The molecule has 23 heavy (non-hydrogen) atoms. The molecular formula is C17H18FNO3S. The highest BCUT2D eigenvalue weighted by atomic mass is 32.1. The van der Waals surface area contributed by atoms with Gasteiger partial charge in [-0.25, -0.2) is 4.39 Å². The van der Waals surface area contributed by atoms with Crippen LogP contribution >= 0.6 is 11.3 Å².